The van der Waals surface area contributed by atoms with Crippen molar-refractivity contribution >= 4 is 24.2 Å². The zero-order valence-electron chi connectivity index (χ0n) is 14.1. The standard InChI is InChI=1S/C18H28N2OS.ClH/c1-13-6-7-14(18(10-13)22-2)11-20-16-5-3-4-15(16)17-12-21-9-8-19-17;/h6-7,10,15-17,19-20H,3-5,8-9,11-12H2,1-2H3;1H. The van der Waals surface area contributed by atoms with Crippen LogP contribution in [0.1, 0.15) is 30.4 Å². The van der Waals surface area contributed by atoms with E-state index in [9.17, 15) is 0 Å². The summed E-state index contributed by atoms with van der Waals surface area (Å²) in [5.41, 5.74) is 2.77. The van der Waals surface area contributed by atoms with E-state index in [4.69, 9.17) is 4.74 Å². The molecule has 1 saturated carbocycles. The Labute approximate surface area is 150 Å². The molecular weight excluding hydrogens is 328 g/mol. The molecule has 1 aliphatic heterocycles. The molecule has 0 amide bonds. The first-order chi connectivity index (χ1) is 10.8. The fraction of sp³-hybridized carbons (Fsp3) is 0.667. The Morgan fingerprint density at radius 3 is 2.96 bits per heavy atom. The molecule has 3 unspecified atom stereocenters. The van der Waals surface area contributed by atoms with E-state index in [1.54, 1.807) is 0 Å². The number of ether oxygens (including phenoxy) is 1. The third kappa shape index (κ3) is 4.86. The minimum Gasteiger partial charge on any atom is -0.379 e. The van der Waals surface area contributed by atoms with Gasteiger partial charge in [0.2, 0.25) is 0 Å². The van der Waals surface area contributed by atoms with Crippen molar-refractivity contribution in [2.75, 3.05) is 26.0 Å². The number of benzene rings is 1. The van der Waals surface area contributed by atoms with Crippen molar-refractivity contribution in [3.05, 3.63) is 29.3 Å². The van der Waals surface area contributed by atoms with E-state index in [1.807, 2.05) is 11.8 Å². The molecule has 1 aromatic rings. The Bertz CT molecular complexity index is 494. The third-order valence-electron chi connectivity index (χ3n) is 5.03. The molecule has 1 aliphatic carbocycles. The highest BCUT2D eigenvalue weighted by Crippen LogP contribution is 2.30. The maximum atomic E-state index is 5.66. The van der Waals surface area contributed by atoms with Crippen LogP contribution in [-0.4, -0.2) is 38.1 Å². The predicted molar refractivity (Wildman–Crippen MR) is 101 cm³/mol. The zero-order valence-corrected chi connectivity index (χ0v) is 15.8. The van der Waals surface area contributed by atoms with E-state index in [0.717, 1.165) is 26.3 Å². The maximum Gasteiger partial charge on any atom is 0.0623 e. The summed E-state index contributed by atoms with van der Waals surface area (Å²) in [7, 11) is 0. The summed E-state index contributed by atoms with van der Waals surface area (Å²) < 4.78 is 5.66. The molecule has 0 aromatic heterocycles. The molecule has 0 spiro atoms. The highest BCUT2D eigenvalue weighted by Gasteiger charge is 2.34. The molecule has 3 atom stereocenters. The topological polar surface area (TPSA) is 33.3 Å². The zero-order chi connectivity index (χ0) is 15.4. The van der Waals surface area contributed by atoms with Crippen LogP contribution >= 0.6 is 24.2 Å². The molecule has 1 saturated heterocycles. The average Bonchev–Trinajstić information content (AvgIpc) is 3.03. The normalized spacial score (nSPS) is 27.7. The van der Waals surface area contributed by atoms with E-state index < -0.39 is 0 Å². The third-order valence-corrected chi connectivity index (χ3v) is 5.85. The Morgan fingerprint density at radius 1 is 1.35 bits per heavy atom. The molecule has 0 bridgehead atoms. The van der Waals surface area contributed by atoms with Gasteiger partial charge in [0.05, 0.1) is 13.2 Å². The lowest BCUT2D eigenvalue weighted by molar-refractivity contribution is 0.0524. The van der Waals surface area contributed by atoms with Crippen molar-refractivity contribution in [2.24, 2.45) is 5.92 Å². The molecule has 3 nitrogen and oxygen atoms in total. The van der Waals surface area contributed by atoms with Crippen LogP contribution in [0.4, 0.5) is 0 Å². The minimum atomic E-state index is 0. The van der Waals surface area contributed by atoms with E-state index in [-0.39, 0.29) is 12.4 Å². The van der Waals surface area contributed by atoms with Gasteiger partial charge in [0.25, 0.3) is 0 Å². The molecule has 0 radical (unpaired) electrons. The molecule has 2 fully saturated rings. The molecule has 3 rings (SSSR count). The van der Waals surface area contributed by atoms with Crippen LogP contribution in [0.5, 0.6) is 0 Å². The van der Waals surface area contributed by atoms with Crippen LogP contribution in [0.15, 0.2) is 23.1 Å². The number of nitrogens with one attached hydrogen (secondary N) is 2. The highest BCUT2D eigenvalue weighted by molar-refractivity contribution is 7.98. The molecule has 2 aliphatic rings. The van der Waals surface area contributed by atoms with Gasteiger partial charge < -0.3 is 15.4 Å². The number of rotatable bonds is 5. The molecule has 1 aromatic carbocycles. The van der Waals surface area contributed by atoms with E-state index in [2.05, 4.69) is 42.0 Å². The van der Waals surface area contributed by atoms with Crippen LogP contribution < -0.4 is 10.6 Å². The van der Waals surface area contributed by atoms with Gasteiger partial charge in [-0.25, -0.2) is 0 Å². The van der Waals surface area contributed by atoms with E-state index in [0.29, 0.717) is 18.0 Å². The quantitative estimate of drug-likeness (QED) is 0.792. The van der Waals surface area contributed by atoms with Crippen molar-refractivity contribution in [3.8, 4) is 0 Å². The Hall–Kier alpha value is -0.260. The number of morpholine rings is 1. The van der Waals surface area contributed by atoms with Crippen molar-refractivity contribution in [2.45, 2.75) is 49.7 Å². The molecule has 5 heteroatoms. The summed E-state index contributed by atoms with van der Waals surface area (Å²) in [6.45, 7) is 5.89. The number of aryl methyl sites for hydroxylation is 1. The van der Waals surface area contributed by atoms with Gasteiger partial charge in [-0.1, -0.05) is 18.6 Å². The molecule has 2 N–H and O–H groups in total. The molecule has 23 heavy (non-hydrogen) atoms. The predicted octanol–water partition coefficient (Wildman–Crippen LogP) is 3.39. The smallest absolute Gasteiger partial charge is 0.0623 e. The van der Waals surface area contributed by atoms with Gasteiger partial charge in [0, 0.05) is 30.1 Å². The fourth-order valence-corrected chi connectivity index (χ4v) is 4.53. The first-order valence-corrected chi connectivity index (χ1v) is 9.68. The van der Waals surface area contributed by atoms with E-state index >= 15 is 0 Å². The first-order valence-electron chi connectivity index (χ1n) is 8.46. The van der Waals surface area contributed by atoms with Gasteiger partial charge in [-0.3, -0.25) is 0 Å². The van der Waals surface area contributed by atoms with Gasteiger partial charge in [-0.15, -0.1) is 24.2 Å². The first kappa shape index (κ1) is 19.1. The van der Waals surface area contributed by atoms with Crippen LogP contribution in [0.25, 0.3) is 0 Å². The summed E-state index contributed by atoms with van der Waals surface area (Å²) in [5.74, 6) is 0.712. The van der Waals surface area contributed by atoms with Gasteiger partial charge in [-0.05, 0) is 49.1 Å². The van der Waals surface area contributed by atoms with Crippen molar-refractivity contribution in [1.29, 1.82) is 0 Å². The van der Waals surface area contributed by atoms with Gasteiger partial charge in [0.1, 0.15) is 0 Å². The summed E-state index contributed by atoms with van der Waals surface area (Å²) in [5, 5.41) is 7.48. The van der Waals surface area contributed by atoms with Gasteiger partial charge in [0.15, 0.2) is 0 Å². The highest BCUT2D eigenvalue weighted by atomic mass is 35.5. The number of hydrogen-bond donors (Lipinski definition) is 2. The second kappa shape index (κ2) is 9.28. The molecule has 1 heterocycles. The van der Waals surface area contributed by atoms with Crippen LogP contribution in [-0.2, 0) is 11.3 Å². The Kier molecular flexibility index (Phi) is 7.70. The van der Waals surface area contributed by atoms with E-state index in [1.165, 1.54) is 35.3 Å². The molecule has 130 valence electrons. The minimum absolute atomic E-state index is 0. The second-order valence-corrected chi connectivity index (χ2v) is 7.38. The van der Waals surface area contributed by atoms with Crippen molar-refractivity contribution in [1.82, 2.24) is 10.6 Å². The summed E-state index contributed by atoms with van der Waals surface area (Å²) in [6.07, 6.45) is 6.12. The lowest BCUT2D eigenvalue weighted by Gasteiger charge is -2.33. The van der Waals surface area contributed by atoms with Crippen LogP contribution in [0.2, 0.25) is 0 Å². The Morgan fingerprint density at radius 2 is 2.22 bits per heavy atom. The number of halogens is 1. The SMILES string of the molecule is CSc1cc(C)ccc1CNC1CCCC1C1COCCN1.Cl. The molecular formula is C18H29ClN2OS. The lowest BCUT2D eigenvalue weighted by Crippen LogP contribution is -2.50. The summed E-state index contributed by atoms with van der Waals surface area (Å²) in [4.78, 5) is 1.40. The number of hydrogen-bond acceptors (Lipinski definition) is 4. The largest absolute Gasteiger partial charge is 0.379 e. The fourth-order valence-electron chi connectivity index (χ4n) is 3.82. The second-order valence-electron chi connectivity index (χ2n) is 6.53. The lowest BCUT2D eigenvalue weighted by atomic mass is 9.94. The monoisotopic (exact) mass is 356 g/mol. The van der Waals surface area contributed by atoms with Gasteiger partial charge in [-0.2, -0.15) is 0 Å². The average molecular weight is 357 g/mol. The van der Waals surface area contributed by atoms with Crippen LogP contribution in [0, 0.1) is 12.8 Å². The van der Waals surface area contributed by atoms with Crippen molar-refractivity contribution in [3.63, 3.8) is 0 Å². The van der Waals surface area contributed by atoms with Gasteiger partial charge >= 0.3 is 0 Å². The Balaban J connectivity index is 0.00000192. The van der Waals surface area contributed by atoms with Crippen LogP contribution in [0.3, 0.4) is 0 Å². The summed E-state index contributed by atoms with van der Waals surface area (Å²) in [6, 6.07) is 7.95. The number of thioether (sulfide) groups is 1. The maximum absolute atomic E-state index is 5.66. The van der Waals surface area contributed by atoms with Crippen molar-refractivity contribution < 1.29 is 4.74 Å². The summed E-state index contributed by atoms with van der Waals surface area (Å²) >= 11 is 1.85.